The standard InChI is InChI=1S/C110H80N2/c1-109(2)98-52-24-22-46-96(98)105-90(48-27-54-100(105)109)80-63-67-85(68-64-80)112(104-58-30-51-93(79-38-14-7-15-39-79)108(104)95-45-21-19-43-88(95)77-34-10-5-11-35-77)102-56-26-41-83-71-74(59-70-89(83)102)73-110(3)99-53-25-23-47-97(99)106-91(49-28-55-101(106)110)81-61-65-84(66-62-81)111(86-69-60-75-31-16-17-40-82(75)72-86)103-57-29-50-92(78-36-12-6-13-37-78)107(103)94-44-20-18-42-87(94)76-32-8-4-9-33-76/h4-72H,73H2,1-3H3. The quantitative estimate of drug-likeness (QED) is 0.0951. The van der Waals surface area contributed by atoms with Gasteiger partial charge in [0.2, 0.25) is 0 Å². The molecule has 0 aliphatic heterocycles. The number of hydrogen-bond acceptors (Lipinski definition) is 2. The molecule has 0 heterocycles. The molecule has 2 heteroatoms. The minimum absolute atomic E-state index is 0.113. The molecule has 0 bridgehead atoms. The molecule has 530 valence electrons. The number of nitrogens with zero attached hydrogens (tertiary/aromatic N) is 2. The molecule has 18 aromatic carbocycles. The summed E-state index contributed by atoms with van der Waals surface area (Å²) in [4.78, 5) is 5.02. The Morgan fingerprint density at radius 2 is 0.562 bits per heavy atom. The summed E-state index contributed by atoms with van der Waals surface area (Å²) in [5.74, 6) is 0. The van der Waals surface area contributed by atoms with Crippen LogP contribution >= 0.6 is 0 Å². The van der Waals surface area contributed by atoms with Crippen LogP contribution in [0.2, 0.25) is 0 Å². The second-order valence-electron chi connectivity index (χ2n) is 30.8. The van der Waals surface area contributed by atoms with Crippen LogP contribution in [0.3, 0.4) is 0 Å². The molecular formula is C110H80N2. The van der Waals surface area contributed by atoms with E-state index in [1.165, 1.54) is 138 Å². The molecule has 0 saturated heterocycles. The highest BCUT2D eigenvalue weighted by molar-refractivity contribution is 6.07. The topological polar surface area (TPSA) is 6.48 Å². The zero-order chi connectivity index (χ0) is 74.9. The molecule has 0 saturated carbocycles. The van der Waals surface area contributed by atoms with Crippen molar-refractivity contribution >= 4 is 55.7 Å². The summed E-state index contributed by atoms with van der Waals surface area (Å²) in [5, 5.41) is 4.74. The Hall–Kier alpha value is -13.9. The van der Waals surface area contributed by atoms with Crippen molar-refractivity contribution in [1.82, 2.24) is 0 Å². The highest BCUT2D eigenvalue weighted by atomic mass is 15.2. The summed E-state index contributed by atoms with van der Waals surface area (Å²) >= 11 is 0. The molecule has 0 radical (unpaired) electrons. The van der Waals surface area contributed by atoms with Gasteiger partial charge in [0.25, 0.3) is 0 Å². The summed E-state index contributed by atoms with van der Waals surface area (Å²) in [7, 11) is 0. The lowest BCUT2D eigenvalue weighted by atomic mass is 9.75. The van der Waals surface area contributed by atoms with Gasteiger partial charge >= 0.3 is 0 Å². The average Bonchev–Trinajstić information content (AvgIpc) is 1.54. The van der Waals surface area contributed by atoms with E-state index in [4.69, 9.17) is 0 Å². The van der Waals surface area contributed by atoms with Gasteiger partial charge in [-0.05, 0) is 205 Å². The van der Waals surface area contributed by atoms with Crippen LogP contribution in [0, 0.1) is 0 Å². The Bertz CT molecular complexity index is 6620. The molecule has 0 N–H and O–H groups in total. The van der Waals surface area contributed by atoms with Crippen molar-refractivity contribution in [3.63, 3.8) is 0 Å². The lowest BCUT2D eigenvalue weighted by molar-refractivity contribution is 0.583. The van der Waals surface area contributed by atoms with Crippen LogP contribution in [0.4, 0.5) is 34.1 Å². The van der Waals surface area contributed by atoms with Crippen LogP contribution in [0.5, 0.6) is 0 Å². The number of benzene rings is 18. The predicted octanol–water partition coefficient (Wildman–Crippen LogP) is 30.1. The summed E-state index contributed by atoms with van der Waals surface area (Å²) in [6.45, 7) is 7.21. The van der Waals surface area contributed by atoms with Crippen molar-refractivity contribution < 1.29 is 0 Å². The van der Waals surface area contributed by atoms with Crippen molar-refractivity contribution in [1.29, 1.82) is 0 Å². The van der Waals surface area contributed by atoms with Gasteiger partial charge in [-0.15, -0.1) is 0 Å². The van der Waals surface area contributed by atoms with E-state index in [0.29, 0.717) is 0 Å². The van der Waals surface area contributed by atoms with E-state index in [2.05, 4.69) is 449 Å². The highest BCUT2D eigenvalue weighted by Gasteiger charge is 2.41. The third kappa shape index (κ3) is 11.6. The number of fused-ring (bicyclic) bond motifs is 8. The van der Waals surface area contributed by atoms with Gasteiger partial charge < -0.3 is 9.80 Å². The second kappa shape index (κ2) is 27.9. The summed E-state index contributed by atoms with van der Waals surface area (Å²) in [6, 6.07) is 156. The van der Waals surface area contributed by atoms with Gasteiger partial charge in [0.15, 0.2) is 0 Å². The third-order valence-corrected chi connectivity index (χ3v) is 23.9. The number of rotatable bonds is 16. The lowest BCUT2D eigenvalue weighted by Gasteiger charge is -2.31. The van der Waals surface area contributed by atoms with E-state index in [1.54, 1.807) is 0 Å². The monoisotopic (exact) mass is 1430 g/mol. The van der Waals surface area contributed by atoms with Crippen LogP contribution < -0.4 is 9.80 Å². The zero-order valence-corrected chi connectivity index (χ0v) is 62.9. The maximum atomic E-state index is 2.54. The molecule has 1 atom stereocenters. The van der Waals surface area contributed by atoms with Gasteiger partial charge in [0.1, 0.15) is 0 Å². The normalized spacial score (nSPS) is 13.6. The van der Waals surface area contributed by atoms with Crippen molar-refractivity contribution in [2.24, 2.45) is 0 Å². The fourth-order valence-electron chi connectivity index (χ4n) is 18.7. The fourth-order valence-corrected chi connectivity index (χ4v) is 18.7. The molecule has 2 aliphatic carbocycles. The number of anilines is 6. The molecule has 18 aromatic rings. The molecular weight excluding hydrogens is 1350 g/mol. The molecule has 1 unspecified atom stereocenters. The molecule has 2 aliphatic rings. The van der Waals surface area contributed by atoms with E-state index >= 15 is 0 Å². The van der Waals surface area contributed by atoms with Crippen molar-refractivity contribution in [3.05, 3.63) is 446 Å². The van der Waals surface area contributed by atoms with Gasteiger partial charge in [-0.25, -0.2) is 0 Å². The minimum atomic E-state index is -0.361. The van der Waals surface area contributed by atoms with Crippen molar-refractivity contribution in [2.45, 2.75) is 38.0 Å². The Labute approximate surface area is 656 Å². The highest BCUT2D eigenvalue weighted by Crippen LogP contribution is 2.57. The first kappa shape index (κ1) is 67.4. The van der Waals surface area contributed by atoms with Crippen LogP contribution in [0.25, 0.3) is 133 Å². The fraction of sp³-hybridized carbons (Fsp3) is 0.0545. The number of hydrogen-bond donors (Lipinski definition) is 0. The first-order valence-electron chi connectivity index (χ1n) is 39.2. The largest absolute Gasteiger partial charge is 0.310 e. The first-order valence-corrected chi connectivity index (χ1v) is 39.2. The van der Waals surface area contributed by atoms with Crippen LogP contribution in [0.1, 0.15) is 48.6 Å². The molecule has 112 heavy (non-hydrogen) atoms. The summed E-state index contributed by atoms with van der Waals surface area (Å²) in [5.41, 5.74) is 36.8. The van der Waals surface area contributed by atoms with Gasteiger partial charge in [0, 0.05) is 44.4 Å². The average molecular weight is 1430 g/mol. The maximum Gasteiger partial charge on any atom is 0.0546 e. The van der Waals surface area contributed by atoms with E-state index in [-0.39, 0.29) is 10.8 Å². The predicted molar refractivity (Wildman–Crippen MR) is 474 cm³/mol. The van der Waals surface area contributed by atoms with Crippen molar-refractivity contribution in [3.8, 4) is 111 Å². The Morgan fingerprint density at radius 3 is 1.12 bits per heavy atom. The van der Waals surface area contributed by atoms with Crippen molar-refractivity contribution in [2.75, 3.05) is 9.80 Å². The molecule has 20 rings (SSSR count). The van der Waals surface area contributed by atoms with Crippen LogP contribution in [-0.4, -0.2) is 0 Å². The Morgan fingerprint density at radius 1 is 0.205 bits per heavy atom. The van der Waals surface area contributed by atoms with E-state index < -0.39 is 0 Å². The van der Waals surface area contributed by atoms with Gasteiger partial charge in [-0.1, -0.05) is 385 Å². The van der Waals surface area contributed by atoms with Gasteiger partial charge in [0.05, 0.1) is 17.1 Å². The second-order valence-corrected chi connectivity index (χ2v) is 30.8. The van der Waals surface area contributed by atoms with Gasteiger partial charge in [-0.3, -0.25) is 0 Å². The van der Waals surface area contributed by atoms with E-state index in [9.17, 15) is 0 Å². The smallest absolute Gasteiger partial charge is 0.0546 e. The SMILES string of the molecule is CC1(C)c2ccccc2-c2c(-c3ccc(N(c4cccc(-c5ccccc5)c4-c4ccccc4-c4ccccc4)c4cccc5cc(CC6(C)c7ccccc7-c7c(-c8ccc(N(c9ccc%10ccccc%10c9)c9cccc(-c%10ccccc%10)c9-c9ccccc9-c9ccccc9)cc8)cccc76)ccc45)cc3)cccc21. The van der Waals surface area contributed by atoms with Crippen LogP contribution in [-0.2, 0) is 17.3 Å². The third-order valence-electron chi connectivity index (χ3n) is 23.9. The molecule has 2 nitrogen and oxygen atoms in total. The van der Waals surface area contributed by atoms with Gasteiger partial charge in [-0.2, -0.15) is 0 Å². The lowest BCUT2D eigenvalue weighted by Crippen LogP contribution is -2.24. The Kier molecular flexibility index (Phi) is 16.8. The molecule has 0 fully saturated rings. The molecule has 0 amide bonds. The summed E-state index contributed by atoms with van der Waals surface area (Å²) < 4.78 is 0. The first-order chi connectivity index (χ1) is 55.2. The van der Waals surface area contributed by atoms with E-state index in [0.717, 1.165) is 62.8 Å². The zero-order valence-electron chi connectivity index (χ0n) is 62.9. The Balaban J connectivity index is 0.702. The summed E-state index contributed by atoms with van der Waals surface area (Å²) in [6.07, 6.45) is 0.799. The minimum Gasteiger partial charge on any atom is -0.310 e. The molecule has 0 aromatic heterocycles. The maximum absolute atomic E-state index is 2.54. The van der Waals surface area contributed by atoms with Crippen LogP contribution in [0.15, 0.2) is 419 Å². The molecule has 0 spiro atoms. The van der Waals surface area contributed by atoms with E-state index in [1.807, 2.05) is 0 Å².